The average molecular weight is 337 g/mol. The van der Waals surface area contributed by atoms with Gasteiger partial charge in [-0.1, -0.05) is 15.9 Å². The maximum absolute atomic E-state index is 12.1. The molecule has 0 saturated carbocycles. The van der Waals surface area contributed by atoms with E-state index in [1.54, 1.807) is 31.2 Å². The van der Waals surface area contributed by atoms with Gasteiger partial charge in [0, 0.05) is 27.5 Å². The highest BCUT2D eigenvalue weighted by Gasteiger charge is 2.10. The van der Waals surface area contributed by atoms with E-state index in [1.807, 2.05) is 0 Å². The summed E-state index contributed by atoms with van der Waals surface area (Å²) in [5.41, 5.74) is 7.30. The van der Waals surface area contributed by atoms with Crippen molar-refractivity contribution in [2.24, 2.45) is 0 Å². The zero-order valence-corrected chi connectivity index (χ0v) is 12.6. The number of nitrogens with one attached hydrogen (secondary N) is 1. The second-order valence-electron chi connectivity index (χ2n) is 4.10. The Morgan fingerprint density at radius 1 is 1.30 bits per heavy atom. The van der Waals surface area contributed by atoms with E-state index >= 15 is 0 Å². The summed E-state index contributed by atoms with van der Waals surface area (Å²) in [7, 11) is 1.50. The van der Waals surface area contributed by atoms with Crippen molar-refractivity contribution in [1.82, 2.24) is 9.97 Å². The van der Waals surface area contributed by atoms with Gasteiger partial charge in [0.25, 0.3) is 5.91 Å². The van der Waals surface area contributed by atoms with Gasteiger partial charge in [-0.15, -0.1) is 0 Å². The number of rotatable bonds is 3. The van der Waals surface area contributed by atoms with Crippen LogP contribution in [0.1, 0.15) is 16.1 Å². The zero-order valence-electron chi connectivity index (χ0n) is 11.0. The number of aromatic nitrogens is 2. The van der Waals surface area contributed by atoms with Gasteiger partial charge in [-0.05, 0) is 25.1 Å². The Morgan fingerprint density at radius 3 is 2.70 bits per heavy atom. The van der Waals surface area contributed by atoms with Crippen LogP contribution in [0.4, 0.5) is 11.6 Å². The number of methoxy groups -OCH3 is 1. The van der Waals surface area contributed by atoms with Crippen LogP contribution >= 0.6 is 15.9 Å². The lowest BCUT2D eigenvalue weighted by Crippen LogP contribution is -2.15. The first kappa shape index (κ1) is 14.3. The average Bonchev–Trinajstić information content (AvgIpc) is 2.36. The van der Waals surface area contributed by atoms with Gasteiger partial charge in [-0.3, -0.25) is 10.1 Å². The lowest BCUT2D eigenvalue weighted by Gasteiger charge is -2.07. The molecule has 0 bridgehead atoms. The van der Waals surface area contributed by atoms with Gasteiger partial charge in [-0.2, -0.15) is 4.98 Å². The van der Waals surface area contributed by atoms with Crippen molar-refractivity contribution < 1.29 is 9.53 Å². The molecule has 20 heavy (non-hydrogen) atoms. The molecule has 1 heterocycles. The maximum atomic E-state index is 12.1. The number of halogens is 1. The first-order valence-corrected chi connectivity index (χ1v) is 6.54. The van der Waals surface area contributed by atoms with Gasteiger partial charge in [-0.25, -0.2) is 4.98 Å². The molecule has 0 spiro atoms. The number of amides is 1. The van der Waals surface area contributed by atoms with Gasteiger partial charge in [0.05, 0.1) is 7.11 Å². The molecule has 2 aromatic rings. The summed E-state index contributed by atoms with van der Waals surface area (Å²) in [6.45, 7) is 1.79. The summed E-state index contributed by atoms with van der Waals surface area (Å²) >= 11 is 3.29. The number of carbonyl (C=O) groups excluding carboxylic acids is 1. The van der Waals surface area contributed by atoms with Crippen LogP contribution in [-0.2, 0) is 0 Å². The number of carbonyl (C=O) groups is 1. The Labute approximate surface area is 124 Å². The molecule has 0 aliphatic carbocycles. The van der Waals surface area contributed by atoms with E-state index < -0.39 is 0 Å². The Balaban J connectivity index is 2.25. The molecule has 0 unspecified atom stereocenters. The summed E-state index contributed by atoms with van der Waals surface area (Å²) in [6.07, 6.45) is 0. The zero-order chi connectivity index (χ0) is 14.7. The van der Waals surface area contributed by atoms with Gasteiger partial charge < -0.3 is 10.5 Å². The van der Waals surface area contributed by atoms with Crippen molar-refractivity contribution in [3.8, 4) is 5.88 Å². The van der Waals surface area contributed by atoms with Crippen molar-refractivity contribution in [1.29, 1.82) is 0 Å². The summed E-state index contributed by atoms with van der Waals surface area (Å²) in [6, 6.07) is 6.63. The summed E-state index contributed by atoms with van der Waals surface area (Å²) in [4.78, 5) is 20.3. The molecule has 1 amide bonds. The lowest BCUT2D eigenvalue weighted by molar-refractivity contribution is 0.102. The molecule has 0 radical (unpaired) electrons. The third-order valence-corrected chi connectivity index (χ3v) is 2.91. The van der Waals surface area contributed by atoms with Gasteiger partial charge in [0.2, 0.25) is 11.8 Å². The molecule has 0 atom stereocenters. The predicted molar refractivity (Wildman–Crippen MR) is 79.8 cm³/mol. The summed E-state index contributed by atoms with van der Waals surface area (Å²) < 4.78 is 5.76. The summed E-state index contributed by atoms with van der Waals surface area (Å²) in [5, 5.41) is 2.61. The van der Waals surface area contributed by atoms with Gasteiger partial charge >= 0.3 is 0 Å². The number of benzene rings is 1. The normalized spacial score (nSPS) is 10.2. The third kappa shape index (κ3) is 3.45. The second kappa shape index (κ2) is 5.87. The molecule has 6 nitrogen and oxygen atoms in total. The Kier molecular flexibility index (Phi) is 4.19. The van der Waals surface area contributed by atoms with Crippen molar-refractivity contribution >= 4 is 33.5 Å². The molecule has 104 valence electrons. The van der Waals surface area contributed by atoms with Crippen LogP contribution in [0, 0.1) is 6.92 Å². The fourth-order valence-corrected chi connectivity index (χ4v) is 2.13. The minimum absolute atomic E-state index is 0.186. The minimum atomic E-state index is -0.342. The summed E-state index contributed by atoms with van der Waals surface area (Å²) in [5.74, 6) is 0.234. The number of nitrogens with two attached hydrogens (primary N) is 1. The topological polar surface area (TPSA) is 90.1 Å². The monoisotopic (exact) mass is 336 g/mol. The first-order valence-electron chi connectivity index (χ1n) is 5.75. The highest BCUT2D eigenvalue weighted by molar-refractivity contribution is 9.10. The fraction of sp³-hybridized carbons (Fsp3) is 0.154. The number of aryl methyl sites for hydroxylation is 1. The molecule has 7 heteroatoms. The highest BCUT2D eigenvalue weighted by atomic mass is 79.9. The number of nitrogen functional groups attached to an aromatic ring is 1. The molecule has 1 aromatic heterocycles. The molecule has 2 rings (SSSR count). The first-order chi connectivity index (χ1) is 9.47. The van der Waals surface area contributed by atoms with Gasteiger partial charge in [0.15, 0.2) is 0 Å². The minimum Gasteiger partial charge on any atom is -0.481 e. The van der Waals surface area contributed by atoms with Crippen LogP contribution in [-0.4, -0.2) is 23.0 Å². The van der Waals surface area contributed by atoms with E-state index in [0.29, 0.717) is 22.8 Å². The maximum Gasteiger partial charge on any atom is 0.258 e. The second-order valence-corrected chi connectivity index (χ2v) is 5.02. The number of hydrogen-bond donors (Lipinski definition) is 2. The largest absolute Gasteiger partial charge is 0.481 e. The van der Waals surface area contributed by atoms with E-state index in [2.05, 4.69) is 31.2 Å². The fourth-order valence-electron chi connectivity index (χ4n) is 1.62. The lowest BCUT2D eigenvalue weighted by atomic mass is 10.2. The predicted octanol–water partition coefficient (Wildman–Crippen LogP) is 2.39. The quantitative estimate of drug-likeness (QED) is 0.840. The Hall–Kier alpha value is -2.15. The Bertz CT molecular complexity index is 641. The Morgan fingerprint density at radius 2 is 2.05 bits per heavy atom. The number of hydrogen-bond acceptors (Lipinski definition) is 5. The van der Waals surface area contributed by atoms with Crippen LogP contribution in [0.2, 0.25) is 0 Å². The highest BCUT2D eigenvalue weighted by Crippen LogP contribution is 2.18. The third-order valence-electron chi connectivity index (χ3n) is 2.45. The van der Waals surface area contributed by atoms with Crippen LogP contribution in [0.25, 0.3) is 0 Å². The van der Waals surface area contributed by atoms with Gasteiger partial charge in [0.1, 0.15) is 0 Å². The van der Waals surface area contributed by atoms with Crippen LogP contribution < -0.4 is 15.8 Å². The molecule has 1 aromatic carbocycles. The van der Waals surface area contributed by atoms with E-state index in [1.165, 1.54) is 7.11 Å². The molecular weight excluding hydrogens is 324 g/mol. The SMILES string of the molecule is COc1cc(C)nc(NC(=O)c2cc(N)cc(Br)c2)n1. The number of nitrogens with zero attached hydrogens (tertiary/aromatic N) is 2. The number of anilines is 2. The molecule has 3 N–H and O–H groups in total. The van der Waals surface area contributed by atoms with E-state index in [0.717, 1.165) is 4.47 Å². The molecule has 0 fully saturated rings. The molecule has 0 aliphatic rings. The standard InChI is InChI=1S/C13H13BrN4O2/c1-7-3-11(20-2)17-13(16-7)18-12(19)8-4-9(14)6-10(15)5-8/h3-6H,15H2,1-2H3,(H,16,17,18,19). The molecule has 0 aliphatic heterocycles. The van der Waals surface area contributed by atoms with Crippen molar-refractivity contribution in [3.05, 3.63) is 40.0 Å². The van der Waals surface area contributed by atoms with Crippen LogP contribution in [0.5, 0.6) is 5.88 Å². The van der Waals surface area contributed by atoms with Crippen LogP contribution in [0.3, 0.4) is 0 Å². The smallest absolute Gasteiger partial charge is 0.258 e. The van der Waals surface area contributed by atoms with E-state index in [4.69, 9.17) is 10.5 Å². The number of ether oxygens (including phenoxy) is 1. The molecular formula is C13H13BrN4O2. The van der Waals surface area contributed by atoms with Crippen LogP contribution in [0.15, 0.2) is 28.7 Å². The van der Waals surface area contributed by atoms with Crippen molar-refractivity contribution in [3.63, 3.8) is 0 Å². The molecule has 0 saturated heterocycles. The van der Waals surface area contributed by atoms with E-state index in [-0.39, 0.29) is 11.9 Å². The van der Waals surface area contributed by atoms with Crippen molar-refractivity contribution in [2.75, 3.05) is 18.2 Å². The van der Waals surface area contributed by atoms with Crippen molar-refractivity contribution in [2.45, 2.75) is 6.92 Å². The van der Waals surface area contributed by atoms with E-state index in [9.17, 15) is 4.79 Å².